The minimum Gasteiger partial charge on any atom is -0.353 e. The number of carbonyl (C=O) groups excluding carboxylic acids is 1. The Labute approximate surface area is 125 Å². The van der Waals surface area contributed by atoms with Crippen molar-refractivity contribution in [3.8, 4) is 0 Å². The molecular weight excluding hydrogens is 272 g/mol. The summed E-state index contributed by atoms with van der Waals surface area (Å²) in [5.41, 5.74) is 1.26. The molecule has 0 unspecified atom stereocenters. The van der Waals surface area contributed by atoms with Gasteiger partial charge in [-0.3, -0.25) is 4.79 Å². The Hall–Kier alpha value is -1.06. The summed E-state index contributed by atoms with van der Waals surface area (Å²) < 4.78 is 0. The minimum atomic E-state index is 0.182. The number of amides is 1. The van der Waals surface area contributed by atoms with Gasteiger partial charge in [0.2, 0.25) is 5.91 Å². The maximum atomic E-state index is 11.5. The van der Waals surface area contributed by atoms with Crippen LogP contribution in [-0.2, 0) is 4.79 Å². The lowest BCUT2D eigenvalue weighted by Gasteiger charge is -2.36. The van der Waals surface area contributed by atoms with Crippen molar-refractivity contribution in [3.63, 3.8) is 0 Å². The van der Waals surface area contributed by atoms with Crippen LogP contribution in [0.4, 0.5) is 0 Å². The number of carbonyl (C=O) groups is 1. The van der Waals surface area contributed by atoms with E-state index < -0.39 is 0 Å². The Morgan fingerprint density at radius 2 is 1.95 bits per heavy atom. The van der Waals surface area contributed by atoms with E-state index in [0.29, 0.717) is 24.4 Å². The Bertz CT molecular complexity index is 481. The molecule has 0 radical (unpaired) electrons. The molecule has 3 rings (SSSR count). The summed E-state index contributed by atoms with van der Waals surface area (Å²) in [6, 6.07) is 9.09. The van der Waals surface area contributed by atoms with Crippen molar-refractivity contribution in [2.24, 2.45) is 0 Å². The molecule has 2 N–H and O–H groups in total. The highest BCUT2D eigenvalue weighted by Crippen LogP contribution is 2.39. The molecule has 0 saturated heterocycles. The monoisotopic (exact) mass is 292 g/mol. The average molecular weight is 293 g/mol. The van der Waals surface area contributed by atoms with Crippen LogP contribution >= 0.6 is 11.6 Å². The minimum absolute atomic E-state index is 0.182. The first kappa shape index (κ1) is 13.9. The highest BCUT2D eigenvalue weighted by molar-refractivity contribution is 6.31. The normalized spacial score (nSPS) is 25.1. The topological polar surface area (TPSA) is 41.1 Å². The number of benzene rings is 1. The molecule has 1 aromatic rings. The second-order valence-electron chi connectivity index (χ2n) is 5.93. The molecule has 0 spiro atoms. The third-order valence-electron chi connectivity index (χ3n) is 4.21. The van der Waals surface area contributed by atoms with Crippen molar-refractivity contribution in [2.45, 2.75) is 50.1 Å². The fourth-order valence-corrected chi connectivity index (χ4v) is 3.05. The molecule has 0 aromatic heterocycles. The summed E-state index contributed by atoms with van der Waals surface area (Å²) in [6.07, 6.45) is 5.13. The van der Waals surface area contributed by atoms with E-state index in [9.17, 15) is 4.79 Å². The van der Waals surface area contributed by atoms with Crippen molar-refractivity contribution < 1.29 is 4.79 Å². The first-order chi connectivity index (χ1) is 9.72. The van der Waals surface area contributed by atoms with Crippen molar-refractivity contribution in [1.82, 2.24) is 10.6 Å². The molecule has 3 nitrogen and oxygen atoms in total. The lowest BCUT2D eigenvalue weighted by atomic mass is 9.76. The van der Waals surface area contributed by atoms with Crippen LogP contribution in [-0.4, -0.2) is 24.5 Å². The second-order valence-corrected chi connectivity index (χ2v) is 6.34. The van der Waals surface area contributed by atoms with E-state index in [1.54, 1.807) is 0 Å². The number of halogens is 1. The van der Waals surface area contributed by atoms with E-state index in [1.807, 2.05) is 18.2 Å². The molecule has 108 valence electrons. The molecule has 0 atom stereocenters. The van der Waals surface area contributed by atoms with Gasteiger partial charge in [-0.05, 0) is 43.2 Å². The van der Waals surface area contributed by atoms with E-state index >= 15 is 0 Å². The quantitative estimate of drug-likeness (QED) is 0.846. The Kier molecular flexibility index (Phi) is 4.27. The van der Waals surface area contributed by atoms with Crippen LogP contribution in [0.3, 0.4) is 0 Å². The standard InChI is InChI=1S/C16H21ClN2O/c17-15-4-2-1-3-14(15)11-9-13(10-11)18-8-7-16(20)19-12-5-6-12/h1-4,11-13,18H,5-10H2,(H,19,20). The first-order valence-corrected chi connectivity index (χ1v) is 7.87. The third-order valence-corrected chi connectivity index (χ3v) is 4.55. The Morgan fingerprint density at radius 3 is 2.65 bits per heavy atom. The van der Waals surface area contributed by atoms with Gasteiger partial charge in [0, 0.05) is 30.1 Å². The van der Waals surface area contributed by atoms with Crippen molar-refractivity contribution in [1.29, 1.82) is 0 Å². The number of rotatable bonds is 6. The number of hydrogen-bond donors (Lipinski definition) is 2. The predicted octanol–water partition coefficient (Wildman–Crippen LogP) is 2.84. The summed E-state index contributed by atoms with van der Waals surface area (Å²) in [7, 11) is 0. The molecule has 2 aliphatic carbocycles. The van der Waals surface area contributed by atoms with E-state index in [4.69, 9.17) is 11.6 Å². The van der Waals surface area contributed by atoms with Crippen LogP contribution in [0, 0.1) is 0 Å². The summed E-state index contributed by atoms with van der Waals surface area (Å²) >= 11 is 6.21. The SMILES string of the molecule is O=C(CCNC1CC(c2ccccc2Cl)C1)NC1CC1. The first-order valence-electron chi connectivity index (χ1n) is 7.49. The molecular formula is C16H21ClN2O. The lowest BCUT2D eigenvalue weighted by Crippen LogP contribution is -2.41. The number of nitrogens with one attached hydrogen (secondary N) is 2. The fourth-order valence-electron chi connectivity index (χ4n) is 2.76. The highest BCUT2D eigenvalue weighted by Gasteiger charge is 2.31. The molecule has 0 bridgehead atoms. The highest BCUT2D eigenvalue weighted by atomic mass is 35.5. The zero-order chi connectivity index (χ0) is 13.9. The van der Waals surface area contributed by atoms with Gasteiger partial charge in [0.1, 0.15) is 0 Å². The van der Waals surface area contributed by atoms with Crippen LogP contribution in [0.25, 0.3) is 0 Å². The van der Waals surface area contributed by atoms with Gasteiger partial charge >= 0.3 is 0 Å². The molecule has 4 heteroatoms. The van der Waals surface area contributed by atoms with Crippen LogP contribution in [0.2, 0.25) is 5.02 Å². The Balaban J connectivity index is 1.34. The smallest absolute Gasteiger partial charge is 0.221 e. The van der Waals surface area contributed by atoms with Crippen molar-refractivity contribution in [3.05, 3.63) is 34.9 Å². The summed E-state index contributed by atoms with van der Waals surface area (Å²) in [6.45, 7) is 0.776. The van der Waals surface area contributed by atoms with Crippen molar-refractivity contribution >= 4 is 17.5 Å². The summed E-state index contributed by atoms with van der Waals surface area (Å²) in [4.78, 5) is 11.5. The summed E-state index contributed by atoms with van der Waals surface area (Å²) in [5.74, 6) is 0.753. The third kappa shape index (κ3) is 3.53. The van der Waals surface area contributed by atoms with Gasteiger partial charge in [-0.1, -0.05) is 29.8 Å². The second kappa shape index (κ2) is 6.15. The van der Waals surface area contributed by atoms with Gasteiger partial charge in [-0.2, -0.15) is 0 Å². The van der Waals surface area contributed by atoms with E-state index in [2.05, 4.69) is 16.7 Å². The van der Waals surface area contributed by atoms with Gasteiger partial charge in [-0.25, -0.2) is 0 Å². The predicted molar refractivity (Wildman–Crippen MR) is 81.0 cm³/mol. The Morgan fingerprint density at radius 1 is 1.20 bits per heavy atom. The molecule has 2 aliphatic rings. The fraction of sp³-hybridized carbons (Fsp3) is 0.562. The zero-order valence-corrected chi connectivity index (χ0v) is 12.3. The average Bonchev–Trinajstić information content (AvgIpc) is 3.17. The molecule has 2 saturated carbocycles. The summed E-state index contributed by atoms with van der Waals surface area (Å²) in [5, 5.41) is 7.34. The van der Waals surface area contributed by atoms with Crippen LogP contribution in [0.5, 0.6) is 0 Å². The van der Waals surface area contributed by atoms with Gasteiger partial charge < -0.3 is 10.6 Å². The van der Waals surface area contributed by atoms with E-state index in [0.717, 1.165) is 37.3 Å². The van der Waals surface area contributed by atoms with Crippen molar-refractivity contribution in [2.75, 3.05) is 6.54 Å². The number of hydrogen-bond acceptors (Lipinski definition) is 2. The molecule has 1 amide bonds. The van der Waals surface area contributed by atoms with Gasteiger partial charge in [0.05, 0.1) is 0 Å². The van der Waals surface area contributed by atoms with Gasteiger partial charge in [0.25, 0.3) is 0 Å². The maximum absolute atomic E-state index is 11.5. The largest absolute Gasteiger partial charge is 0.353 e. The van der Waals surface area contributed by atoms with Crippen LogP contribution in [0.1, 0.15) is 43.6 Å². The van der Waals surface area contributed by atoms with Gasteiger partial charge in [-0.15, -0.1) is 0 Å². The van der Waals surface area contributed by atoms with E-state index in [-0.39, 0.29) is 5.91 Å². The lowest BCUT2D eigenvalue weighted by molar-refractivity contribution is -0.121. The molecule has 0 heterocycles. The van der Waals surface area contributed by atoms with Crippen LogP contribution < -0.4 is 10.6 Å². The maximum Gasteiger partial charge on any atom is 0.221 e. The van der Waals surface area contributed by atoms with Crippen LogP contribution in [0.15, 0.2) is 24.3 Å². The zero-order valence-electron chi connectivity index (χ0n) is 11.6. The molecule has 0 aliphatic heterocycles. The molecule has 20 heavy (non-hydrogen) atoms. The molecule has 2 fully saturated rings. The molecule has 1 aromatic carbocycles. The van der Waals surface area contributed by atoms with E-state index in [1.165, 1.54) is 5.56 Å². The van der Waals surface area contributed by atoms with Gasteiger partial charge in [0.15, 0.2) is 0 Å².